The van der Waals surface area contributed by atoms with Crippen LogP contribution in [0.15, 0.2) is 12.1 Å². The minimum atomic E-state index is -4.59. The van der Waals surface area contributed by atoms with E-state index >= 15 is 0 Å². The molecule has 1 aromatic rings. The van der Waals surface area contributed by atoms with Crippen molar-refractivity contribution in [2.45, 2.75) is 25.9 Å². The molecule has 0 saturated heterocycles. The van der Waals surface area contributed by atoms with E-state index in [9.17, 15) is 18.0 Å². The number of aromatic nitrogens is 1. The number of hydrogen-bond acceptors (Lipinski definition) is 3. The molecule has 2 rings (SSSR count). The number of carboxylic acids is 1. The molecule has 1 aromatic heterocycles. The Bertz CT molecular complexity index is 513. The van der Waals surface area contributed by atoms with Gasteiger partial charge in [0.25, 0.3) is 0 Å². The first-order chi connectivity index (χ1) is 9.29. The van der Waals surface area contributed by atoms with Crippen LogP contribution in [0.2, 0.25) is 0 Å². The summed E-state index contributed by atoms with van der Waals surface area (Å²) in [4.78, 5) is 14.4. The lowest BCUT2D eigenvalue weighted by molar-refractivity contribution is -0.141. The summed E-state index contributed by atoms with van der Waals surface area (Å²) in [6, 6.07) is 1.61. The number of nitrogens with zero attached hydrogens (tertiary/aromatic N) is 1. The topological polar surface area (TPSA) is 62.2 Å². The molecule has 0 aromatic carbocycles. The van der Waals surface area contributed by atoms with Crippen LogP contribution in [0, 0.1) is 11.8 Å². The van der Waals surface area contributed by atoms with E-state index in [4.69, 9.17) is 5.11 Å². The molecule has 0 amide bonds. The predicted octanol–water partition coefficient (Wildman–Crippen LogP) is 3.26. The van der Waals surface area contributed by atoms with Crippen LogP contribution in [-0.4, -0.2) is 22.6 Å². The van der Waals surface area contributed by atoms with Crippen LogP contribution >= 0.6 is 0 Å². The van der Waals surface area contributed by atoms with Crippen molar-refractivity contribution in [3.63, 3.8) is 0 Å². The Kier molecular flexibility index (Phi) is 3.87. The van der Waals surface area contributed by atoms with Crippen LogP contribution in [-0.2, 0) is 6.18 Å². The van der Waals surface area contributed by atoms with Crippen LogP contribution in [0.4, 0.5) is 19.0 Å². The highest BCUT2D eigenvalue weighted by Crippen LogP contribution is 2.36. The molecule has 1 heterocycles. The fourth-order valence-electron chi connectivity index (χ4n) is 2.01. The van der Waals surface area contributed by atoms with Crippen molar-refractivity contribution < 1.29 is 23.1 Å². The highest BCUT2D eigenvalue weighted by molar-refractivity contribution is 5.93. The Morgan fingerprint density at radius 1 is 1.50 bits per heavy atom. The molecule has 0 aliphatic heterocycles. The van der Waals surface area contributed by atoms with Gasteiger partial charge >= 0.3 is 12.1 Å². The molecule has 110 valence electrons. The summed E-state index contributed by atoms with van der Waals surface area (Å²) in [6.45, 7) is 2.40. The lowest BCUT2D eigenvalue weighted by Gasteiger charge is -2.15. The van der Waals surface area contributed by atoms with Gasteiger partial charge in [0, 0.05) is 6.54 Å². The second-order valence-corrected chi connectivity index (χ2v) is 5.09. The lowest BCUT2D eigenvalue weighted by Crippen LogP contribution is -2.18. The van der Waals surface area contributed by atoms with Crippen molar-refractivity contribution >= 4 is 11.8 Å². The molecule has 20 heavy (non-hydrogen) atoms. The van der Waals surface area contributed by atoms with E-state index in [-0.39, 0.29) is 17.3 Å². The van der Waals surface area contributed by atoms with Gasteiger partial charge in [-0.05, 0) is 36.8 Å². The number of carboxylic acid groups (broad SMARTS) is 1. The van der Waals surface area contributed by atoms with Crippen molar-refractivity contribution in [1.29, 1.82) is 0 Å². The molecule has 1 fully saturated rings. The van der Waals surface area contributed by atoms with E-state index in [1.165, 1.54) is 0 Å². The van der Waals surface area contributed by atoms with Crippen LogP contribution in [0.25, 0.3) is 0 Å². The summed E-state index contributed by atoms with van der Waals surface area (Å²) < 4.78 is 37.8. The van der Waals surface area contributed by atoms with Crippen LogP contribution in [0.1, 0.15) is 35.8 Å². The summed E-state index contributed by atoms with van der Waals surface area (Å²) in [5, 5.41) is 11.7. The monoisotopic (exact) mass is 288 g/mol. The summed E-state index contributed by atoms with van der Waals surface area (Å²) in [5.74, 6) is -0.665. The standard InChI is InChI=1S/C13H15F3N2O2/c1-7(8-2-3-8)6-17-11-9(12(19)20)4-5-10(18-11)13(14,15)16/h4-5,7-8H,2-3,6H2,1H3,(H,17,18)(H,19,20). The fraction of sp³-hybridized carbons (Fsp3) is 0.538. The van der Waals surface area contributed by atoms with E-state index in [2.05, 4.69) is 10.3 Å². The highest BCUT2D eigenvalue weighted by Gasteiger charge is 2.34. The molecule has 0 radical (unpaired) electrons. The minimum Gasteiger partial charge on any atom is -0.478 e. The number of hydrogen-bond donors (Lipinski definition) is 2. The SMILES string of the molecule is CC(CNc1nc(C(F)(F)F)ccc1C(=O)O)C1CC1. The maximum Gasteiger partial charge on any atom is 0.433 e. The van der Waals surface area contributed by atoms with E-state index < -0.39 is 17.8 Å². The Morgan fingerprint density at radius 3 is 2.65 bits per heavy atom. The Labute approximate surface area is 114 Å². The largest absolute Gasteiger partial charge is 0.478 e. The van der Waals surface area contributed by atoms with Crippen LogP contribution in [0.3, 0.4) is 0 Å². The molecule has 1 aliphatic carbocycles. The first-order valence-corrected chi connectivity index (χ1v) is 6.34. The third-order valence-corrected chi connectivity index (χ3v) is 3.43. The second kappa shape index (κ2) is 5.30. The Morgan fingerprint density at radius 2 is 2.15 bits per heavy atom. The van der Waals surface area contributed by atoms with E-state index in [0.29, 0.717) is 18.5 Å². The maximum absolute atomic E-state index is 12.6. The van der Waals surface area contributed by atoms with Crippen molar-refractivity contribution in [3.05, 3.63) is 23.4 Å². The fourth-order valence-corrected chi connectivity index (χ4v) is 2.01. The van der Waals surface area contributed by atoms with Crippen molar-refractivity contribution in [1.82, 2.24) is 4.98 Å². The first kappa shape index (κ1) is 14.6. The molecule has 4 nitrogen and oxygen atoms in total. The van der Waals surface area contributed by atoms with Gasteiger partial charge in [-0.15, -0.1) is 0 Å². The van der Waals surface area contributed by atoms with Crippen molar-refractivity contribution in [2.24, 2.45) is 11.8 Å². The molecule has 1 atom stereocenters. The predicted molar refractivity (Wildman–Crippen MR) is 66.6 cm³/mol. The number of rotatable bonds is 5. The number of halogens is 3. The zero-order chi connectivity index (χ0) is 14.9. The van der Waals surface area contributed by atoms with Gasteiger partial charge in [0.05, 0.1) is 0 Å². The lowest BCUT2D eigenvalue weighted by atomic mass is 10.1. The number of carbonyl (C=O) groups is 1. The van der Waals surface area contributed by atoms with E-state index in [0.717, 1.165) is 18.9 Å². The summed E-state index contributed by atoms with van der Waals surface area (Å²) >= 11 is 0. The van der Waals surface area contributed by atoms with Crippen molar-refractivity contribution in [3.8, 4) is 0 Å². The number of alkyl halides is 3. The van der Waals surface area contributed by atoms with Crippen LogP contribution < -0.4 is 5.32 Å². The normalized spacial score (nSPS) is 16.8. The molecule has 1 unspecified atom stereocenters. The second-order valence-electron chi connectivity index (χ2n) is 5.09. The van der Waals surface area contributed by atoms with Crippen molar-refractivity contribution in [2.75, 3.05) is 11.9 Å². The number of pyridine rings is 1. The molecule has 2 N–H and O–H groups in total. The van der Waals surface area contributed by atoms with Crippen LogP contribution in [0.5, 0.6) is 0 Å². The molecule has 1 saturated carbocycles. The van der Waals surface area contributed by atoms with Gasteiger partial charge in [-0.3, -0.25) is 0 Å². The third kappa shape index (κ3) is 3.40. The quantitative estimate of drug-likeness (QED) is 0.873. The van der Waals surface area contributed by atoms with Gasteiger partial charge in [0.2, 0.25) is 0 Å². The van der Waals surface area contributed by atoms with Gasteiger partial charge in [-0.25, -0.2) is 9.78 Å². The molecule has 0 spiro atoms. The van der Waals surface area contributed by atoms with Gasteiger partial charge in [-0.1, -0.05) is 6.92 Å². The van der Waals surface area contributed by atoms with Gasteiger partial charge in [0.15, 0.2) is 0 Å². The summed E-state index contributed by atoms with van der Waals surface area (Å²) in [6.07, 6.45) is -2.36. The molecular formula is C13H15F3N2O2. The Balaban J connectivity index is 2.19. The van der Waals surface area contributed by atoms with E-state index in [1.54, 1.807) is 0 Å². The zero-order valence-corrected chi connectivity index (χ0v) is 10.9. The average Bonchev–Trinajstić information content (AvgIpc) is 3.18. The van der Waals surface area contributed by atoms with Gasteiger partial charge < -0.3 is 10.4 Å². The average molecular weight is 288 g/mol. The number of anilines is 1. The summed E-state index contributed by atoms with van der Waals surface area (Å²) in [7, 11) is 0. The molecule has 0 bridgehead atoms. The minimum absolute atomic E-state index is 0.222. The summed E-state index contributed by atoms with van der Waals surface area (Å²) in [5.41, 5.74) is -1.34. The molecule has 1 aliphatic rings. The molecule has 7 heteroatoms. The zero-order valence-electron chi connectivity index (χ0n) is 10.9. The highest BCUT2D eigenvalue weighted by atomic mass is 19.4. The third-order valence-electron chi connectivity index (χ3n) is 3.43. The van der Waals surface area contributed by atoms with Gasteiger partial charge in [0.1, 0.15) is 17.1 Å². The van der Waals surface area contributed by atoms with Gasteiger partial charge in [-0.2, -0.15) is 13.2 Å². The van der Waals surface area contributed by atoms with E-state index in [1.807, 2.05) is 6.92 Å². The smallest absolute Gasteiger partial charge is 0.433 e. The first-order valence-electron chi connectivity index (χ1n) is 6.34. The Hall–Kier alpha value is -1.79. The number of nitrogens with one attached hydrogen (secondary N) is 1. The maximum atomic E-state index is 12.6. The number of aromatic carboxylic acids is 1. The molecular weight excluding hydrogens is 273 g/mol.